The van der Waals surface area contributed by atoms with Crippen molar-refractivity contribution in [1.82, 2.24) is 15.0 Å². The fourth-order valence-corrected chi connectivity index (χ4v) is 3.76. The highest BCUT2D eigenvalue weighted by Crippen LogP contribution is 2.24. The number of rotatable bonds is 6. The zero-order chi connectivity index (χ0) is 20.1. The molecule has 1 aromatic carbocycles. The van der Waals surface area contributed by atoms with E-state index in [0.29, 0.717) is 11.6 Å². The molecular formula is C22H17ClN4OS. The largest absolute Gasteiger partial charge is 0.306 e. The minimum atomic E-state index is -0.0594. The Morgan fingerprint density at radius 2 is 1.69 bits per heavy atom. The smallest absolute Gasteiger partial charge is 0.233 e. The molecule has 0 spiro atoms. The van der Waals surface area contributed by atoms with Crippen LogP contribution in [-0.2, 0) is 17.8 Å². The zero-order valence-corrected chi connectivity index (χ0v) is 17.0. The Balaban J connectivity index is 1.56. The maximum Gasteiger partial charge on any atom is 0.233 e. The van der Waals surface area contributed by atoms with Gasteiger partial charge >= 0.3 is 0 Å². The van der Waals surface area contributed by atoms with Gasteiger partial charge < -0.3 is 4.90 Å². The van der Waals surface area contributed by atoms with Gasteiger partial charge in [0.15, 0.2) is 0 Å². The summed E-state index contributed by atoms with van der Waals surface area (Å²) in [6.45, 7) is 0.374. The van der Waals surface area contributed by atoms with Gasteiger partial charge in [0.1, 0.15) is 5.01 Å². The highest BCUT2D eigenvalue weighted by Gasteiger charge is 2.19. The van der Waals surface area contributed by atoms with Crippen LogP contribution in [0, 0.1) is 0 Å². The second-order valence-electron chi connectivity index (χ2n) is 6.31. The summed E-state index contributed by atoms with van der Waals surface area (Å²) in [7, 11) is 0. The molecule has 0 fully saturated rings. The fraction of sp³-hybridized carbons (Fsp3) is 0.0909. The van der Waals surface area contributed by atoms with Gasteiger partial charge in [-0.05, 0) is 48.5 Å². The van der Waals surface area contributed by atoms with Crippen molar-refractivity contribution in [2.75, 3.05) is 4.90 Å². The summed E-state index contributed by atoms with van der Waals surface area (Å²) >= 11 is 7.50. The van der Waals surface area contributed by atoms with Crippen molar-refractivity contribution in [2.45, 2.75) is 13.0 Å². The third-order valence-corrected chi connectivity index (χ3v) is 5.42. The van der Waals surface area contributed by atoms with Crippen LogP contribution >= 0.6 is 22.9 Å². The minimum Gasteiger partial charge on any atom is -0.306 e. The van der Waals surface area contributed by atoms with Gasteiger partial charge in [-0.3, -0.25) is 14.8 Å². The van der Waals surface area contributed by atoms with E-state index in [0.717, 1.165) is 27.8 Å². The van der Waals surface area contributed by atoms with E-state index in [2.05, 4.69) is 15.0 Å². The van der Waals surface area contributed by atoms with E-state index in [1.807, 2.05) is 53.9 Å². The summed E-state index contributed by atoms with van der Waals surface area (Å²) in [5.74, 6) is -0.0594. The summed E-state index contributed by atoms with van der Waals surface area (Å²) in [5.41, 5.74) is 3.10. The maximum atomic E-state index is 13.2. The highest BCUT2D eigenvalue weighted by molar-refractivity contribution is 7.13. The number of thiazole rings is 1. The van der Waals surface area contributed by atoms with E-state index in [9.17, 15) is 4.79 Å². The standard InChI is InChI=1S/C22H17ClN4OS/c23-16-7-9-19(10-8-16)27(14-17-5-1-3-11-24-17)21(28)13-18-15-29-22(26-18)20-6-2-4-12-25-20/h1-12,15H,13-14H2. The predicted octanol–water partition coefficient (Wildman–Crippen LogP) is 5.03. The molecule has 0 aliphatic heterocycles. The fourth-order valence-electron chi connectivity index (χ4n) is 2.84. The van der Waals surface area contributed by atoms with Crippen LogP contribution in [0.25, 0.3) is 10.7 Å². The lowest BCUT2D eigenvalue weighted by molar-refractivity contribution is -0.118. The number of benzene rings is 1. The van der Waals surface area contributed by atoms with Gasteiger partial charge in [-0.25, -0.2) is 4.98 Å². The van der Waals surface area contributed by atoms with Gasteiger partial charge in [-0.2, -0.15) is 0 Å². The van der Waals surface area contributed by atoms with E-state index in [4.69, 9.17) is 11.6 Å². The summed E-state index contributed by atoms with van der Waals surface area (Å²) in [6.07, 6.45) is 3.65. The SMILES string of the molecule is O=C(Cc1csc(-c2ccccn2)n1)N(Cc1ccccn1)c1ccc(Cl)cc1. The zero-order valence-electron chi connectivity index (χ0n) is 15.4. The number of amides is 1. The molecule has 0 bridgehead atoms. The Kier molecular flexibility index (Phi) is 5.93. The van der Waals surface area contributed by atoms with Gasteiger partial charge in [0.05, 0.1) is 30.0 Å². The molecule has 144 valence electrons. The summed E-state index contributed by atoms with van der Waals surface area (Å²) in [6, 6.07) is 18.6. The third-order valence-electron chi connectivity index (χ3n) is 4.25. The molecule has 0 aliphatic rings. The molecule has 0 saturated heterocycles. The lowest BCUT2D eigenvalue weighted by atomic mass is 10.2. The van der Waals surface area contributed by atoms with Crippen molar-refractivity contribution in [3.63, 3.8) is 0 Å². The second kappa shape index (κ2) is 8.94. The molecule has 7 heteroatoms. The van der Waals surface area contributed by atoms with Crippen LogP contribution in [0.4, 0.5) is 5.69 Å². The van der Waals surface area contributed by atoms with Crippen molar-refractivity contribution in [3.8, 4) is 10.7 Å². The van der Waals surface area contributed by atoms with Crippen LogP contribution < -0.4 is 4.90 Å². The number of pyridine rings is 2. The number of aromatic nitrogens is 3. The molecule has 5 nitrogen and oxygen atoms in total. The summed E-state index contributed by atoms with van der Waals surface area (Å²) in [4.78, 5) is 28.1. The van der Waals surface area contributed by atoms with Crippen molar-refractivity contribution in [1.29, 1.82) is 0 Å². The number of carbonyl (C=O) groups excluding carboxylic acids is 1. The van der Waals surface area contributed by atoms with E-state index in [1.165, 1.54) is 11.3 Å². The molecule has 0 N–H and O–H groups in total. The Morgan fingerprint density at radius 1 is 0.931 bits per heavy atom. The number of hydrogen-bond donors (Lipinski definition) is 0. The molecule has 0 saturated carbocycles. The quantitative estimate of drug-likeness (QED) is 0.439. The van der Waals surface area contributed by atoms with Crippen molar-refractivity contribution in [3.05, 3.63) is 94.8 Å². The number of anilines is 1. The van der Waals surface area contributed by atoms with Gasteiger partial charge in [0.2, 0.25) is 5.91 Å². The number of halogens is 1. The molecule has 0 aliphatic carbocycles. The van der Waals surface area contributed by atoms with Crippen LogP contribution in [-0.4, -0.2) is 20.9 Å². The van der Waals surface area contributed by atoms with E-state index in [1.54, 1.807) is 29.4 Å². The Morgan fingerprint density at radius 3 is 2.38 bits per heavy atom. The molecule has 3 heterocycles. The first-order chi connectivity index (χ1) is 14.2. The second-order valence-corrected chi connectivity index (χ2v) is 7.61. The molecule has 0 unspecified atom stereocenters. The average molecular weight is 421 g/mol. The number of carbonyl (C=O) groups is 1. The van der Waals surface area contributed by atoms with Gasteiger partial charge in [-0.15, -0.1) is 11.3 Å². The van der Waals surface area contributed by atoms with Crippen LogP contribution in [0.5, 0.6) is 0 Å². The topological polar surface area (TPSA) is 59.0 Å². The van der Waals surface area contributed by atoms with E-state index in [-0.39, 0.29) is 12.3 Å². The first kappa shape index (κ1) is 19.2. The highest BCUT2D eigenvalue weighted by atomic mass is 35.5. The molecule has 4 rings (SSSR count). The lowest BCUT2D eigenvalue weighted by Gasteiger charge is -2.22. The summed E-state index contributed by atoms with van der Waals surface area (Å²) < 4.78 is 0. The van der Waals surface area contributed by atoms with Crippen molar-refractivity contribution < 1.29 is 4.79 Å². The monoisotopic (exact) mass is 420 g/mol. The first-order valence-electron chi connectivity index (χ1n) is 9.01. The lowest BCUT2D eigenvalue weighted by Crippen LogP contribution is -2.32. The third kappa shape index (κ3) is 4.85. The van der Waals surface area contributed by atoms with Crippen LogP contribution in [0.3, 0.4) is 0 Å². The number of nitrogens with zero attached hydrogens (tertiary/aromatic N) is 4. The Bertz CT molecular complexity index is 1080. The van der Waals surface area contributed by atoms with E-state index >= 15 is 0 Å². The van der Waals surface area contributed by atoms with E-state index < -0.39 is 0 Å². The maximum absolute atomic E-state index is 13.2. The molecule has 4 aromatic rings. The normalized spacial score (nSPS) is 10.7. The Labute approximate surface area is 177 Å². The van der Waals surface area contributed by atoms with Crippen molar-refractivity contribution in [2.24, 2.45) is 0 Å². The molecule has 0 radical (unpaired) electrons. The number of hydrogen-bond acceptors (Lipinski definition) is 5. The first-order valence-corrected chi connectivity index (χ1v) is 10.3. The predicted molar refractivity (Wildman–Crippen MR) is 116 cm³/mol. The van der Waals surface area contributed by atoms with Gasteiger partial charge in [-0.1, -0.05) is 23.7 Å². The van der Waals surface area contributed by atoms with Gasteiger partial charge in [0, 0.05) is 28.5 Å². The molecule has 0 atom stereocenters. The van der Waals surface area contributed by atoms with Crippen LogP contribution in [0.2, 0.25) is 5.02 Å². The molecular weight excluding hydrogens is 404 g/mol. The molecule has 1 amide bonds. The average Bonchev–Trinajstić information content (AvgIpc) is 3.22. The minimum absolute atomic E-state index is 0.0594. The van der Waals surface area contributed by atoms with Gasteiger partial charge in [0.25, 0.3) is 0 Å². The molecule has 29 heavy (non-hydrogen) atoms. The Hall–Kier alpha value is -3.09. The molecule has 3 aromatic heterocycles. The van der Waals surface area contributed by atoms with Crippen LogP contribution in [0.1, 0.15) is 11.4 Å². The summed E-state index contributed by atoms with van der Waals surface area (Å²) in [5, 5.41) is 3.33. The van der Waals surface area contributed by atoms with Crippen LogP contribution in [0.15, 0.2) is 78.4 Å². The van der Waals surface area contributed by atoms with Crippen molar-refractivity contribution >= 4 is 34.5 Å².